The summed E-state index contributed by atoms with van der Waals surface area (Å²) in [6.45, 7) is 2.67. The van der Waals surface area contributed by atoms with Gasteiger partial charge in [0.2, 0.25) is 0 Å². The van der Waals surface area contributed by atoms with Crippen molar-refractivity contribution in [3.05, 3.63) is 65.9 Å². The second-order valence-corrected chi connectivity index (χ2v) is 8.35. The molecule has 2 aromatic carbocycles. The van der Waals surface area contributed by atoms with Crippen LogP contribution in [-0.2, 0) is 0 Å². The van der Waals surface area contributed by atoms with Crippen LogP contribution in [0.3, 0.4) is 0 Å². The molecule has 1 aliphatic rings. The van der Waals surface area contributed by atoms with Crippen molar-refractivity contribution in [2.75, 3.05) is 45.7 Å². The van der Waals surface area contributed by atoms with Crippen LogP contribution in [-0.4, -0.2) is 61.8 Å². The van der Waals surface area contributed by atoms with Crippen molar-refractivity contribution in [2.24, 2.45) is 0 Å². The number of nitrogens with one attached hydrogen (secondary N) is 2. The molecule has 1 aromatic heterocycles. The molecule has 2 heterocycles. The van der Waals surface area contributed by atoms with Gasteiger partial charge in [0, 0.05) is 31.9 Å². The van der Waals surface area contributed by atoms with Gasteiger partial charge < -0.3 is 15.0 Å². The lowest BCUT2D eigenvalue weighted by molar-refractivity contribution is 0.0933. The number of anilines is 1. The van der Waals surface area contributed by atoms with Crippen molar-refractivity contribution in [1.82, 2.24) is 20.4 Å². The quantitative estimate of drug-likeness (QED) is 0.566. The maximum Gasteiger partial charge on any atom is 0.269 e. The van der Waals surface area contributed by atoms with Crippen LogP contribution < -0.4 is 15.0 Å². The van der Waals surface area contributed by atoms with Gasteiger partial charge >= 0.3 is 0 Å². The Labute approximate surface area is 189 Å². The number of likely N-dealkylation sites (tertiary alicyclic amines) is 1. The fourth-order valence-electron chi connectivity index (χ4n) is 4.14. The molecule has 1 fully saturated rings. The van der Waals surface area contributed by atoms with Gasteiger partial charge in [0.25, 0.3) is 5.91 Å². The molecule has 1 saturated heterocycles. The van der Waals surface area contributed by atoms with Crippen molar-refractivity contribution in [2.45, 2.75) is 18.9 Å². The molecule has 7 heteroatoms. The van der Waals surface area contributed by atoms with Crippen molar-refractivity contribution >= 4 is 11.6 Å². The van der Waals surface area contributed by atoms with Crippen LogP contribution in [0.5, 0.6) is 5.75 Å². The first-order valence-corrected chi connectivity index (χ1v) is 11.0. The van der Waals surface area contributed by atoms with Crippen LogP contribution in [0.25, 0.3) is 11.3 Å². The van der Waals surface area contributed by atoms with Gasteiger partial charge in [0.15, 0.2) is 0 Å². The fourth-order valence-corrected chi connectivity index (χ4v) is 4.14. The highest BCUT2D eigenvalue weighted by Gasteiger charge is 2.24. The largest absolute Gasteiger partial charge is 0.497 e. The van der Waals surface area contributed by atoms with E-state index in [4.69, 9.17) is 4.74 Å². The number of benzene rings is 2. The molecule has 0 bridgehead atoms. The summed E-state index contributed by atoms with van der Waals surface area (Å²) in [4.78, 5) is 17.4. The number of rotatable bonds is 8. The molecule has 1 atom stereocenters. The zero-order valence-electron chi connectivity index (χ0n) is 19.0. The molecule has 1 unspecified atom stereocenters. The van der Waals surface area contributed by atoms with E-state index >= 15 is 0 Å². The van der Waals surface area contributed by atoms with Crippen LogP contribution >= 0.6 is 0 Å². The van der Waals surface area contributed by atoms with Gasteiger partial charge in [-0.15, -0.1) is 0 Å². The smallest absolute Gasteiger partial charge is 0.269 e. The Hall–Kier alpha value is -3.32. The lowest BCUT2D eigenvalue weighted by Gasteiger charge is -2.28. The number of hydrogen-bond acceptors (Lipinski definition) is 5. The Morgan fingerprint density at radius 3 is 2.44 bits per heavy atom. The molecule has 1 amide bonds. The van der Waals surface area contributed by atoms with Crippen molar-refractivity contribution in [3.8, 4) is 17.0 Å². The maximum absolute atomic E-state index is 12.9. The summed E-state index contributed by atoms with van der Waals surface area (Å²) >= 11 is 0. The Morgan fingerprint density at radius 2 is 1.81 bits per heavy atom. The average Bonchev–Trinajstić information content (AvgIpc) is 3.52. The second kappa shape index (κ2) is 9.87. The Balaban J connectivity index is 1.44. The molecule has 168 valence electrons. The number of amides is 1. The SMILES string of the molecule is COc1ccc(-c2cc(C(=O)NCC(c3ccc(N(C)C)cc3)N3CCCC3)[nH]n2)cc1. The highest BCUT2D eigenvalue weighted by molar-refractivity contribution is 5.93. The summed E-state index contributed by atoms with van der Waals surface area (Å²) < 4.78 is 5.20. The van der Waals surface area contributed by atoms with Crippen molar-refractivity contribution < 1.29 is 9.53 Å². The third kappa shape index (κ3) is 4.94. The van der Waals surface area contributed by atoms with E-state index in [-0.39, 0.29) is 11.9 Å². The number of carbonyl (C=O) groups excluding carboxylic acids is 1. The van der Waals surface area contributed by atoms with Crippen LogP contribution in [0.4, 0.5) is 5.69 Å². The normalized spacial score (nSPS) is 14.8. The molecule has 7 nitrogen and oxygen atoms in total. The number of nitrogens with zero attached hydrogens (tertiary/aromatic N) is 3. The second-order valence-electron chi connectivity index (χ2n) is 8.35. The monoisotopic (exact) mass is 433 g/mol. The molecule has 1 aliphatic heterocycles. The lowest BCUT2D eigenvalue weighted by Crippen LogP contribution is -2.37. The minimum atomic E-state index is -0.147. The fraction of sp³-hybridized carbons (Fsp3) is 0.360. The van der Waals surface area contributed by atoms with Gasteiger partial charge in [0.1, 0.15) is 11.4 Å². The van der Waals surface area contributed by atoms with Crippen LogP contribution in [0.2, 0.25) is 0 Å². The van der Waals surface area contributed by atoms with Gasteiger partial charge in [-0.1, -0.05) is 12.1 Å². The van der Waals surface area contributed by atoms with E-state index in [0.717, 1.165) is 30.1 Å². The Bertz CT molecular complexity index is 1020. The van der Waals surface area contributed by atoms with Crippen molar-refractivity contribution in [3.63, 3.8) is 0 Å². The minimum Gasteiger partial charge on any atom is -0.497 e. The van der Waals surface area contributed by atoms with Crippen LogP contribution in [0.1, 0.15) is 34.9 Å². The van der Waals surface area contributed by atoms with Crippen molar-refractivity contribution in [1.29, 1.82) is 0 Å². The van der Waals surface area contributed by atoms with E-state index in [1.807, 2.05) is 38.4 Å². The van der Waals surface area contributed by atoms with E-state index in [9.17, 15) is 4.79 Å². The molecular weight excluding hydrogens is 402 g/mol. The average molecular weight is 434 g/mol. The Morgan fingerprint density at radius 1 is 1.12 bits per heavy atom. The lowest BCUT2D eigenvalue weighted by atomic mass is 10.0. The molecular formula is C25H31N5O2. The predicted molar refractivity (Wildman–Crippen MR) is 127 cm³/mol. The van der Waals surface area contributed by atoms with E-state index < -0.39 is 0 Å². The number of H-pyrrole nitrogens is 1. The molecule has 2 N–H and O–H groups in total. The minimum absolute atomic E-state index is 0.147. The van der Waals surface area contributed by atoms with E-state index in [1.54, 1.807) is 13.2 Å². The summed E-state index contributed by atoms with van der Waals surface area (Å²) in [7, 11) is 5.72. The molecule has 0 spiro atoms. The zero-order chi connectivity index (χ0) is 22.5. The third-order valence-electron chi connectivity index (χ3n) is 6.04. The first kappa shape index (κ1) is 21.9. The predicted octanol–water partition coefficient (Wildman–Crippen LogP) is 3.72. The molecule has 3 aromatic rings. The van der Waals surface area contributed by atoms with Gasteiger partial charge in [0.05, 0.1) is 18.8 Å². The van der Waals surface area contributed by atoms with Crippen LogP contribution in [0, 0.1) is 0 Å². The summed E-state index contributed by atoms with van der Waals surface area (Å²) in [5, 5.41) is 10.3. The van der Waals surface area contributed by atoms with E-state index in [2.05, 4.69) is 49.6 Å². The number of aromatic nitrogens is 2. The number of carbonyl (C=O) groups is 1. The van der Waals surface area contributed by atoms with Crippen LogP contribution in [0.15, 0.2) is 54.6 Å². The first-order chi connectivity index (χ1) is 15.5. The van der Waals surface area contributed by atoms with Gasteiger partial charge in [-0.05, 0) is 74.0 Å². The summed E-state index contributed by atoms with van der Waals surface area (Å²) in [5.41, 5.74) is 4.51. The highest BCUT2D eigenvalue weighted by atomic mass is 16.5. The summed E-state index contributed by atoms with van der Waals surface area (Å²) in [5.74, 6) is 0.639. The van der Waals surface area contributed by atoms with Gasteiger partial charge in [-0.25, -0.2) is 0 Å². The zero-order valence-corrected chi connectivity index (χ0v) is 19.0. The number of hydrogen-bond donors (Lipinski definition) is 2. The van der Waals surface area contributed by atoms with Gasteiger partial charge in [-0.3, -0.25) is 14.8 Å². The van der Waals surface area contributed by atoms with E-state index in [1.165, 1.54) is 24.1 Å². The summed E-state index contributed by atoms with van der Waals surface area (Å²) in [6, 6.07) is 18.2. The maximum atomic E-state index is 12.9. The Kier molecular flexibility index (Phi) is 6.75. The van der Waals surface area contributed by atoms with Gasteiger partial charge in [-0.2, -0.15) is 5.10 Å². The highest BCUT2D eigenvalue weighted by Crippen LogP contribution is 2.26. The number of aromatic amines is 1. The standard InChI is InChI=1S/C25H31N5O2/c1-29(2)20-10-6-19(7-11-20)24(30-14-4-5-15-30)17-26-25(31)23-16-22(27-28-23)18-8-12-21(32-3)13-9-18/h6-13,16,24H,4-5,14-15,17H2,1-3H3,(H,26,31)(H,27,28). The first-order valence-electron chi connectivity index (χ1n) is 11.0. The molecule has 0 saturated carbocycles. The molecule has 0 aliphatic carbocycles. The topological polar surface area (TPSA) is 73.5 Å². The number of ether oxygens (including phenoxy) is 1. The number of methoxy groups -OCH3 is 1. The molecule has 0 radical (unpaired) electrons. The van der Waals surface area contributed by atoms with E-state index in [0.29, 0.717) is 12.2 Å². The third-order valence-corrected chi connectivity index (χ3v) is 6.04. The molecule has 32 heavy (non-hydrogen) atoms. The molecule has 4 rings (SSSR count). The summed E-state index contributed by atoms with van der Waals surface area (Å²) in [6.07, 6.45) is 2.40.